The van der Waals surface area contributed by atoms with Crippen molar-refractivity contribution in [2.24, 2.45) is 7.05 Å². The van der Waals surface area contributed by atoms with Crippen molar-refractivity contribution in [2.45, 2.75) is 75.5 Å². The van der Waals surface area contributed by atoms with E-state index in [4.69, 9.17) is 0 Å². The van der Waals surface area contributed by atoms with Crippen LogP contribution in [-0.2, 0) is 40.9 Å². The molecular weight excluding hydrogens is 980 g/mol. The normalized spacial score (nSPS) is 19.2. The van der Waals surface area contributed by atoms with Crippen LogP contribution in [0, 0.1) is 17.7 Å². The number of fused-ring (bicyclic) bond motifs is 3. The van der Waals surface area contributed by atoms with E-state index in [0.717, 1.165) is 18.7 Å². The van der Waals surface area contributed by atoms with Crippen LogP contribution < -0.4 is 20.9 Å². The number of hydrogen-bond acceptors (Lipinski definition) is 12. The third kappa shape index (κ3) is 9.34. The Balaban J connectivity index is 0.664. The van der Waals surface area contributed by atoms with Gasteiger partial charge in [0.15, 0.2) is 17.0 Å². The van der Waals surface area contributed by atoms with Gasteiger partial charge in [0.1, 0.15) is 11.5 Å². The second-order valence-corrected chi connectivity index (χ2v) is 20.0. The summed E-state index contributed by atoms with van der Waals surface area (Å²) in [7, 11) is 1.67. The van der Waals surface area contributed by atoms with E-state index >= 15 is 13.2 Å². The van der Waals surface area contributed by atoms with Crippen LogP contribution in [0.15, 0.2) is 66.6 Å². The number of likely N-dealkylation sites (tertiary alicyclic amines) is 2. The number of piperidine rings is 2. The molecule has 0 aliphatic carbocycles. The number of nitrogens with one attached hydrogen (secondary N) is 3. The van der Waals surface area contributed by atoms with E-state index in [1.165, 1.54) is 55.1 Å². The molecule has 9 heterocycles. The SMILES string of the molecule is Cn1nc(N2CCC(=O)NC2=O)c2ccc(C3CCN(CC(=O)N4CCC(NC(=O)c5ccc(C#Cc6cc(F)c7c(c6)C(=O)N(C(C(=O)Nc6nccs6)c6ncn8c6CCC8)C7)cn5)CC4)CC3(F)F)cc21. The van der Waals surface area contributed by atoms with Gasteiger partial charge in [0.05, 0.1) is 43.1 Å². The number of halogens is 3. The summed E-state index contributed by atoms with van der Waals surface area (Å²) in [5.41, 5.74) is 3.36. The van der Waals surface area contributed by atoms with Crippen LogP contribution in [0.3, 0.4) is 0 Å². The van der Waals surface area contributed by atoms with Crippen molar-refractivity contribution in [3.05, 3.63) is 117 Å². The highest BCUT2D eigenvalue weighted by molar-refractivity contribution is 7.13. The fraction of sp³-hybridized carbons (Fsp3) is 0.373. The van der Waals surface area contributed by atoms with E-state index in [1.807, 2.05) is 4.57 Å². The number of anilines is 2. The maximum Gasteiger partial charge on any atom is 0.329 e. The number of carbonyl (C=O) groups is 6. The summed E-state index contributed by atoms with van der Waals surface area (Å²) >= 11 is 1.24. The average Bonchev–Trinajstić information content (AvgIpc) is 4.25. The molecule has 4 aromatic heterocycles. The van der Waals surface area contributed by atoms with Crippen LogP contribution in [0.4, 0.5) is 28.9 Å². The van der Waals surface area contributed by atoms with E-state index in [9.17, 15) is 28.8 Å². The Morgan fingerprint density at radius 1 is 0.946 bits per heavy atom. The molecule has 3 saturated heterocycles. The molecule has 2 unspecified atom stereocenters. The number of alkyl halides is 2. The van der Waals surface area contributed by atoms with E-state index in [0.29, 0.717) is 71.0 Å². The predicted octanol–water partition coefficient (Wildman–Crippen LogP) is 4.73. The van der Waals surface area contributed by atoms with Crippen molar-refractivity contribution >= 4 is 68.8 Å². The first-order valence-corrected chi connectivity index (χ1v) is 25.2. The molecule has 0 bridgehead atoms. The molecule has 3 fully saturated rings. The zero-order valence-corrected chi connectivity index (χ0v) is 40.8. The second-order valence-electron chi connectivity index (χ2n) is 19.1. The Hall–Kier alpha value is -7.97. The van der Waals surface area contributed by atoms with Gasteiger partial charge in [-0.15, -0.1) is 11.3 Å². The van der Waals surface area contributed by atoms with E-state index in [-0.39, 0.29) is 79.3 Å². The Labute approximate surface area is 425 Å². The van der Waals surface area contributed by atoms with Crippen molar-refractivity contribution in [3.8, 4) is 11.8 Å². The highest BCUT2D eigenvalue weighted by Crippen LogP contribution is 2.42. The quantitative estimate of drug-likeness (QED) is 0.160. The van der Waals surface area contributed by atoms with Gasteiger partial charge in [0, 0.05) is 96.8 Å². The second kappa shape index (κ2) is 19.5. The lowest BCUT2D eigenvalue weighted by Crippen LogP contribution is -2.53. The maximum atomic E-state index is 15.9. The lowest BCUT2D eigenvalue weighted by molar-refractivity contribution is -0.137. The first kappa shape index (κ1) is 48.3. The van der Waals surface area contributed by atoms with Gasteiger partial charge in [-0.1, -0.05) is 17.9 Å². The molecule has 6 aromatic rings. The highest BCUT2D eigenvalue weighted by Gasteiger charge is 2.46. The topological polar surface area (TPSA) is 213 Å². The number of aryl methyl sites for hydroxylation is 2. The third-order valence-electron chi connectivity index (χ3n) is 14.4. The number of aromatic nitrogens is 6. The molecule has 19 nitrogen and oxygen atoms in total. The van der Waals surface area contributed by atoms with Crippen molar-refractivity contribution < 1.29 is 41.9 Å². The minimum absolute atomic E-state index is 0.0976. The van der Waals surface area contributed by atoms with Gasteiger partial charge in [-0.3, -0.25) is 49.1 Å². The van der Waals surface area contributed by atoms with Crippen LogP contribution >= 0.6 is 11.3 Å². The van der Waals surface area contributed by atoms with Crippen molar-refractivity contribution in [2.75, 3.05) is 49.5 Å². The number of imidazole rings is 1. The van der Waals surface area contributed by atoms with E-state index in [1.54, 1.807) is 54.1 Å². The van der Waals surface area contributed by atoms with Crippen molar-refractivity contribution in [3.63, 3.8) is 0 Å². The van der Waals surface area contributed by atoms with Crippen LogP contribution in [-0.4, -0.2) is 131 Å². The molecule has 11 rings (SSSR count). The van der Waals surface area contributed by atoms with Gasteiger partial charge >= 0.3 is 6.03 Å². The number of pyridine rings is 1. The summed E-state index contributed by atoms with van der Waals surface area (Å²) in [6.45, 7) is 0.969. The zero-order chi connectivity index (χ0) is 51.4. The lowest BCUT2D eigenvalue weighted by atomic mass is 9.85. The fourth-order valence-corrected chi connectivity index (χ4v) is 11.2. The first-order valence-electron chi connectivity index (χ1n) is 24.3. The lowest BCUT2D eigenvalue weighted by Gasteiger charge is -2.39. The minimum Gasteiger partial charge on any atom is -0.348 e. The Morgan fingerprint density at radius 3 is 2.53 bits per heavy atom. The Morgan fingerprint density at radius 2 is 1.77 bits per heavy atom. The molecule has 7 amide bonds. The van der Waals surface area contributed by atoms with Crippen molar-refractivity contribution in [1.82, 2.24) is 54.6 Å². The molecule has 3 N–H and O–H groups in total. The zero-order valence-electron chi connectivity index (χ0n) is 39.9. The summed E-state index contributed by atoms with van der Waals surface area (Å²) in [5.74, 6) is -0.791. The molecule has 0 saturated carbocycles. The number of hydrogen-bond donors (Lipinski definition) is 3. The van der Waals surface area contributed by atoms with Gasteiger partial charge in [-0.05, 0) is 80.6 Å². The number of amides is 7. The molecule has 2 aromatic carbocycles. The molecule has 2 atom stereocenters. The predicted molar refractivity (Wildman–Crippen MR) is 263 cm³/mol. The summed E-state index contributed by atoms with van der Waals surface area (Å²) < 4.78 is 51.0. The number of thiazole rings is 1. The smallest absolute Gasteiger partial charge is 0.329 e. The Bertz CT molecular complexity index is 3320. The minimum atomic E-state index is -3.14. The van der Waals surface area contributed by atoms with Gasteiger partial charge in [0.2, 0.25) is 11.8 Å². The summed E-state index contributed by atoms with van der Waals surface area (Å²) in [5, 5.41) is 15.2. The number of urea groups is 1. The van der Waals surface area contributed by atoms with Crippen LogP contribution in [0.1, 0.15) is 98.6 Å². The summed E-state index contributed by atoms with van der Waals surface area (Å²) in [6.07, 6.45) is 7.36. The summed E-state index contributed by atoms with van der Waals surface area (Å²) in [4.78, 5) is 97.4. The maximum absolute atomic E-state index is 15.9. The fourth-order valence-electron chi connectivity index (χ4n) is 10.6. The van der Waals surface area contributed by atoms with Crippen LogP contribution in [0.2, 0.25) is 0 Å². The number of benzene rings is 2. The van der Waals surface area contributed by atoms with Crippen LogP contribution in [0.5, 0.6) is 0 Å². The standard InChI is InChI=1S/C51H48F3N13O6S/c1-62-40-23-31(7-8-33(40)45(61-62)66-19-13-41(68)59-50(66)73)36-12-16-63(27-51(36,53)54)26-42(69)64-17-10-32(11-18-64)58-46(70)38-9-6-29(24-56-38)4-5-30-21-34-35(37(52)22-30)25-67(48(34)72)44(47(71)60-49-55-14-20-74-49)43-39-3-2-15-65(39)28-57-43/h6-9,14,20-24,28,32,36,44H,2-3,10-13,15-19,25-27H2,1H3,(H,58,70)(H,55,60,71)(H,59,68,73). The first-order chi connectivity index (χ1) is 35.7. The van der Waals surface area contributed by atoms with E-state index < -0.39 is 54.0 Å². The summed E-state index contributed by atoms with van der Waals surface area (Å²) in [6, 6.07) is 8.89. The van der Waals surface area contributed by atoms with Gasteiger partial charge < -0.3 is 19.7 Å². The molecule has 23 heteroatoms. The van der Waals surface area contributed by atoms with Gasteiger partial charge in [0.25, 0.3) is 23.6 Å². The molecule has 5 aliphatic rings. The monoisotopic (exact) mass is 1030 g/mol. The largest absolute Gasteiger partial charge is 0.348 e. The van der Waals surface area contributed by atoms with Gasteiger partial charge in [-0.2, -0.15) is 5.10 Å². The molecule has 0 spiro atoms. The highest BCUT2D eigenvalue weighted by atomic mass is 32.1. The number of nitrogens with zero attached hydrogens (tertiary/aromatic N) is 10. The van der Waals surface area contributed by atoms with Crippen LogP contribution in [0.25, 0.3) is 10.9 Å². The molecule has 74 heavy (non-hydrogen) atoms. The van der Waals surface area contributed by atoms with Crippen molar-refractivity contribution in [1.29, 1.82) is 0 Å². The molecule has 0 radical (unpaired) electrons. The molecule has 5 aliphatic heterocycles. The molecule has 380 valence electrons. The van der Waals surface area contributed by atoms with Gasteiger partial charge in [-0.25, -0.2) is 32.9 Å². The number of carbonyl (C=O) groups excluding carboxylic acids is 6. The Kier molecular flexibility index (Phi) is 12.7. The number of imide groups is 1. The molecular formula is C51H48F3N13O6S. The number of rotatable bonds is 10. The van der Waals surface area contributed by atoms with E-state index in [2.05, 4.69) is 47.8 Å². The average molecular weight is 1030 g/mol. The third-order valence-corrected chi connectivity index (χ3v) is 15.1.